The number of ether oxygens (including phenoxy) is 2. The van der Waals surface area contributed by atoms with Crippen molar-refractivity contribution in [2.75, 3.05) is 27.3 Å². The number of methoxy groups -OCH3 is 2. The number of aromatic amines is 2. The van der Waals surface area contributed by atoms with Gasteiger partial charge in [0.1, 0.15) is 18.0 Å². The molecule has 2 unspecified atom stereocenters. The molecule has 0 spiro atoms. The third kappa shape index (κ3) is 9.41. The minimum Gasteiger partial charge on any atom is -0.469 e. The van der Waals surface area contributed by atoms with Gasteiger partial charge >= 0.3 is 11.9 Å². The number of Topliss-reactive ketones (excluding diaryl/α,β-unsaturated/α-hetero) is 1. The van der Waals surface area contributed by atoms with Gasteiger partial charge in [0.25, 0.3) is 0 Å². The van der Waals surface area contributed by atoms with Crippen molar-refractivity contribution in [3.8, 4) is 0 Å². The Labute approximate surface area is 345 Å². The van der Waals surface area contributed by atoms with Gasteiger partial charge in [0, 0.05) is 47.1 Å². The maximum atomic E-state index is 13.6. The molecular weight excluding hydrogens is 749 g/mol. The molecule has 3 aromatic rings. The first-order valence-corrected chi connectivity index (χ1v) is 19.6. The number of carbonyl (C=O) groups is 5. The second-order valence-electron chi connectivity index (χ2n) is 14.8. The molecule has 3 aromatic heterocycles. The average molecular weight is 805 g/mol. The van der Waals surface area contributed by atoms with Crippen LogP contribution in [0.4, 0.5) is 0 Å². The van der Waals surface area contributed by atoms with Crippen LogP contribution in [0, 0.1) is 19.8 Å². The van der Waals surface area contributed by atoms with E-state index in [1.54, 1.807) is 6.08 Å². The van der Waals surface area contributed by atoms with Crippen molar-refractivity contribution in [2.45, 2.75) is 79.6 Å². The third-order valence-corrected chi connectivity index (χ3v) is 10.7. The number of nitrogens with one attached hydrogen (secondary N) is 3. The number of amides is 1. The highest BCUT2D eigenvalue weighted by molar-refractivity contribution is 6.02. The van der Waals surface area contributed by atoms with E-state index in [-0.39, 0.29) is 11.4 Å². The fourth-order valence-corrected chi connectivity index (χ4v) is 7.72. The standard InChI is InChI=1S/C40H42N4O5.C3H8N2O.C3H6O/c1-9-12-25-22(4)29-17-32-24(10-2)21(3)30(41-32)18-35-28-15-14-27(38(46)48-7)37(39(47)49-8)40(28,6)36(44-35)20-31-23(5)26(13-11-16-45)34(43-31)19-33(25)42-29;4-1-2-5-3-6;1-3(2)4/h10,14-20,37,41,43H,2,9,11-13H2,1,3-8H3;3H,1-2,4H2,(H,5,6);1-2H3. The first kappa shape index (κ1) is 45.5. The summed E-state index contributed by atoms with van der Waals surface area (Å²) in [5.41, 5.74) is 17.4. The zero-order valence-corrected chi connectivity index (χ0v) is 35.6. The molecule has 8 bridgehead atoms. The fraction of sp³-hybridized carbons (Fsp3) is 0.370. The average Bonchev–Trinajstić information content (AvgIpc) is 3.86. The van der Waals surface area contributed by atoms with Crippen LogP contribution >= 0.6 is 0 Å². The van der Waals surface area contributed by atoms with Crippen LogP contribution in [0.5, 0.6) is 0 Å². The molecule has 2 atom stereocenters. The molecule has 59 heavy (non-hydrogen) atoms. The summed E-state index contributed by atoms with van der Waals surface area (Å²) in [6, 6.07) is 8.08. The summed E-state index contributed by atoms with van der Waals surface area (Å²) < 4.78 is 10.4. The van der Waals surface area contributed by atoms with Gasteiger partial charge in [0.05, 0.1) is 48.0 Å². The second kappa shape index (κ2) is 20.0. The van der Waals surface area contributed by atoms with Gasteiger partial charge in [0.2, 0.25) is 6.41 Å². The van der Waals surface area contributed by atoms with Crippen molar-refractivity contribution in [1.29, 1.82) is 0 Å². The van der Waals surface area contributed by atoms with E-state index in [0.29, 0.717) is 43.7 Å². The minimum absolute atomic E-state index is 0.167. The lowest BCUT2D eigenvalue weighted by atomic mass is 9.64. The fourth-order valence-electron chi connectivity index (χ4n) is 7.72. The smallest absolute Gasteiger partial charge is 0.334 e. The van der Waals surface area contributed by atoms with Gasteiger partial charge in [-0.05, 0) is 112 Å². The highest BCUT2D eigenvalue weighted by Gasteiger charge is 2.53. The van der Waals surface area contributed by atoms with E-state index in [9.17, 15) is 24.0 Å². The highest BCUT2D eigenvalue weighted by Crippen LogP contribution is 2.52. The number of H-pyrrole nitrogens is 2. The van der Waals surface area contributed by atoms with Crippen molar-refractivity contribution < 1.29 is 33.4 Å². The number of aryl methyl sites for hydroxylation is 3. The molecule has 5 heterocycles. The zero-order valence-electron chi connectivity index (χ0n) is 35.6. The number of esters is 2. The molecule has 1 amide bonds. The van der Waals surface area contributed by atoms with Gasteiger partial charge < -0.3 is 40.1 Å². The predicted molar refractivity (Wildman–Crippen MR) is 233 cm³/mol. The van der Waals surface area contributed by atoms with Crippen molar-refractivity contribution >= 4 is 75.3 Å². The maximum Gasteiger partial charge on any atom is 0.334 e. The van der Waals surface area contributed by atoms with Crippen molar-refractivity contribution in [1.82, 2.24) is 25.3 Å². The Morgan fingerprint density at radius 3 is 2.12 bits per heavy atom. The van der Waals surface area contributed by atoms with Crippen LogP contribution in [0.15, 0.2) is 48.6 Å². The Kier molecular flexibility index (Phi) is 15.4. The lowest BCUT2D eigenvalue weighted by Crippen LogP contribution is -2.42. The highest BCUT2D eigenvalue weighted by atomic mass is 16.5. The normalized spacial score (nSPS) is 16.5. The Bertz CT molecular complexity index is 2410. The van der Waals surface area contributed by atoms with E-state index in [0.717, 1.165) is 86.0 Å². The Morgan fingerprint density at radius 1 is 0.898 bits per heavy atom. The van der Waals surface area contributed by atoms with Crippen LogP contribution in [-0.4, -0.2) is 77.7 Å². The van der Waals surface area contributed by atoms with Gasteiger partial charge in [-0.3, -0.25) is 14.6 Å². The van der Waals surface area contributed by atoms with Crippen LogP contribution < -0.4 is 11.1 Å². The van der Waals surface area contributed by atoms with E-state index >= 15 is 0 Å². The van der Waals surface area contributed by atoms with E-state index in [1.165, 1.54) is 33.6 Å². The number of carbonyl (C=O) groups excluding carboxylic acids is 5. The number of aromatic nitrogens is 4. The van der Waals surface area contributed by atoms with E-state index < -0.39 is 23.3 Å². The van der Waals surface area contributed by atoms with Gasteiger partial charge in [-0.15, -0.1) is 0 Å². The molecule has 3 aliphatic rings. The zero-order chi connectivity index (χ0) is 43.6. The monoisotopic (exact) mass is 804 g/mol. The topological polar surface area (TPSA) is 199 Å². The van der Waals surface area contributed by atoms with Crippen LogP contribution in [-0.2, 0) is 45.3 Å². The van der Waals surface area contributed by atoms with Gasteiger partial charge in [0.15, 0.2) is 0 Å². The summed E-state index contributed by atoms with van der Waals surface area (Å²) in [5, 5.41) is 2.39. The lowest BCUT2D eigenvalue weighted by molar-refractivity contribution is -0.149. The summed E-state index contributed by atoms with van der Waals surface area (Å²) in [6.07, 6.45) is 9.62. The molecule has 6 rings (SSSR count). The molecule has 0 saturated heterocycles. The number of rotatable bonds is 11. The van der Waals surface area contributed by atoms with Gasteiger partial charge in [-0.1, -0.05) is 38.2 Å². The summed E-state index contributed by atoms with van der Waals surface area (Å²) >= 11 is 0. The van der Waals surface area contributed by atoms with Crippen molar-refractivity contribution in [2.24, 2.45) is 11.7 Å². The lowest BCUT2D eigenvalue weighted by Gasteiger charge is -2.36. The summed E-state index contributed by atoms with van der Waals surface area (Å²) in [5.74, 6) is -2.03. The molecule has 5 N–H and O–H groups in total. The predicted octanol–water partition coefficient (Wildman–Crippen LogP) is 6.97. The SMILES string of the molecule is C=Cc1c(C)c2cc3nc(cc4[nH]c(cc5nc(cc1[nH]2)C(C)=C5CCC)c(CCC=O)c4C)C1(C)C3=CC=C(C(=O)OC)C1C(=O)OC.CC(C)=O.NCCNC=O. The molecule has 1 aliphatic carbocycles. The number of nitrogens with two attached hydrogens (primary N) is 1. The van der Waals surface area contributed by atoms with Crippen LogP contribution in [0.25, 0.3) is 44.9 Å². The number of hydrogen-bond donors (Lipinski definition) is 4. The first-order valence-electron chi connectivity index (χ1n) is 19.6. The van der Waals surface area contributed by atoms with Crippen molar-refractivity contribution in [3.05, 3.63) is 93.6 Å². The molecule has 13 nitrogen and oxygen atoms in total. The van der Waals surface area contributed by atoms with Gasteiger partial charge in [-0.25, -0.2) is 9.78 Å². The molecule has 0 aromatic carbocycles. The van der Waals surface area contributed by atoms with Crippen LogP contribution in [0.2, 0.25) is 0 Å². The Balaban J connectivity index is 0.000000688. The minimum atomic E-state index is -1.08. The van der Waals surface area contributed by atoms with E-state index in [4.69, 9.17) is 25.2 Å². The summed E-state index contributed by atoms with van der Waals surface area (Å²) in [4.78, 5) is 74.7. The Morgan fingerprint density at radius 2 is 1.54 bits per heavy atom. The maximum absolute atomic E-state index is 13.6. The summed E-state index contributed by atoms with van der Waals surface area (Å²) in [7, 11) is 2.61. The van der Waals surface area contributed by atoms with Crippen molar-refractivity contribution in [3.63, 3.8) is 0 Å². The van der Waals surface area contributed by atoms with Gasteiger partial charge in [-0.2, -0.15) is 0 Å². The number of aldehydes is 1. The first-order chi connectivity index (χ1) is 28.2. The number of fused-ring (bicyclic) bond motifs is 11. The second-order valence-corrected chi connectivity index (χ2v) is 14.8. The molecule has 0 saturated carbocycles. The number of ketones is 1. The molecular formula is C46H56N6O7. The van der Waals surface area contributed by atoms with Crippen LogP contribution in [0.1, 0.15) is 98.9 Å². The molecule has 312 valence electrons. The van der Waals surface area contributed by atoms with Crippen LogP contribution in [0.3, 0.4) is 0 Å². The van der Waals surface area contributed by atoms with E-state index in [2.05, 4.69) is 47.8 Å². The number of hydrogen-bond acceptors (Lipinski definition) is 10. The van der Waals surface area contributed by atoms with E-state index in [1.807, 2.05) is 45.1 Å². The summed E-state index contributed by atoms with van der Waals surface area (Å²) in [6.45, 7) is 18.5. The Hall–Kier alpha value is -6.21. The molecule has 2 aliphatic heterocycles. The third-order valence-electron chi connectivity index (χ3n) is 10.7. The molecule has 0 fully saturated rings. The molecule has 0 radical (unpaired) electrons. The largest absolute Gasteiger partial charge is 0.469 e. The molecule has 13 heteroatoms. The number of nitrogens with zero attached hydrogens (tertiary/aromatic N) is 2. The number of allylic oxidation sites excluding steroid dienone is 5. The quantitative estimate of drug-likeness (QED) is 0.0892.